The fraction of sp³-hybridized carbons (Fsp3) is 0. The van der Waals surface area contributed by atoms with E-state index in [0.29, 0.717) is 6.07 Å². The van der Waals surface area contributed by atoms with Gasteiger partial charge in [0.15, 0.2) is 0 Å². The van der Waals surface area contributed by atoms with Crippen LogP contribution >= 0.6 is 15.9 Å². The van der Waals surface area contributed by atoms with Crippen LogP contribution in [0.4, 0.5) is 16.2 Å². The molecule has 0 aliphatic heterocycles. The Morgan fingerprint density at radius 3 is 2.31 bits per heavy atom. The number of benzene rings is 1. The normalized spacial score (nSPS) is 9.56. The first-order chi connectivity index (χ1) is 7.41. The van der Waals surface area contributed by atoms with E-state index in [1.807, 2.05) is 0 Å². The smallest absolute Gasteiger partial charge is 0.380 e. The second-order valence-electron chi connectivity index (χ2n) is 2.51. The van der Waals surface area contributed by atoms with Gasteiger partial charge in [0.2, 0.25) is 5.75 Å². The SMILES string of the molecule is O=C(Br)Oc1ccc([N+](=O)[O-])cc1[N+](=O)[O-]. The summed E-state index contributed by atoms with van der Waals surface area (Å²) in [6.07, 6.45) is 0. The summed E-state index contributed by atoms with van der Waals surface area (Å²) < 4.78 is 4.45. The van der Waals surface area contributed by atoms with E-state index >= 15 is 0 Å². The number of nitro benzene ring substituents is 2. The van der Waals surface area contributed by atoms with E-state index in [9.17, 15) is 25.0 Å². The second-order valence-corrected chi connectivity index (χ2v) is 3.15. The summed E-state index contributed by atoms with van der Waals surface area (Å²) in [6, 6.07) is 2.69. The Labute approximate surface area is 96.2 Å². The number of rotatable bonds is 3. The number of nitro groups is 2. The monoisotopic (exact) mass is 290 g/mol. The molecule has 8 nitrogen and oxygen atoms in total. The van der Waals surface area contributed by atoms with Crippen LogP contribution < -0.4 is 4.74 Å². The van der Waals surface area contributed by atoms with Gasteiger partial charge in [-0.05, 0) is 6.07 Å². The molecule has 0 bridgehead atoms. The van der Waals surface area contributed by atoms with Crippen LogP contribution in [0, 0.1) is 20.2 Å². The lowest BCUT2D eigenvalue weighted by Crippen LogP contribution is -2.00. The number of ether oxygens (including phenoxy) is 1. The van der Waals surface area contributed by atoms with Gasteiger partial charge in [-0.3, -0.25) is 20.2 Å². The van der Waals surface area contributed by atoms with Crippen LogP contribution in [0.1, 0.15) is 0 Å². The largest absolute Gasteiger partial charge is 0.411 e. The topological polar surface area (TPSA) is 113 Å². The van der Waals surface area contributed by atoms with E-state index in [-0.39, 0.29) is 5.75 Å². The summed E-state index contributed by atoms with van der Waals surface area (Å²) in [5.74, 6) is -0.363. The van der Waals surface area contributed by atoms with Crippen LogP contribution in [-0.2, 0) is 0 Å². The molecule has 0 saturated carbocycles. The minimum Gasteiger partial charge on any atom is -0.411 e. The summed E-state index contributed by atoms with van der Waals surface area (Å²) in [4.78, 5) is 28.9. The van der Waals surface area contributed by atoms with Gasteiger partial charge in [0.05, 0.1) is 15.9 Å². The Morgan fingerprint density at radius 2 is 1.88 bits per heavy atom. The highest BCUT2D eigenvalue weighted by Crippen LogP contribution is 2.31. The minimum absolute atomic E-state index is 0.363. The molecule has 16 heavy (non-hydrogen) atoms. The van der Waals surface area contributed by atoms with E-state index in [1.165, 1.54) is 0 Å². The van der Waals surface area contributed by atoms with Crippen LogP contribution in [0.15, 0.2) is 18.2 Å². The zero-order valence-corrected chi connectivity index (χ0v) is 9.04. The maximum atomic E-state index is 10.6. The highest BCUT2D eigenvalue weighted by molar-refractivity contribution is 9.18. The van der Waals surface area contributed by atoms with E-state index in [4.69, 9.17) is 0 Å². The molecule has 9 heteroatoms. The third kappa shape index (κ3) is 2.73. The van der Waals surface area contributed by atoms with Crippen molar-refractivity contribution >= 4 is 32.2 Å². The summed E-state index contributed by atoms with van der Waals surface area (Å²) >= 11 is 2.42. The van der Waals surface area contributed by atoms with Crippen molar-refractivity contribution in [1.29, 1.82) is 0 Å². The first-order valence-corrected chi connectivity index (χ1v) is 4.51. The third-order valence-corrected chi connectivity index (χ3v) is 1.70. The minimum atomic E-state index is -0.926. The Morgan fingerprint density at radius 1 is 1.25 bits per heavy atom. The number of halogens is 1. The quantitative estimate of drug-likeness (QED) is 0.480. The molecule has 0 fully saturated rings. The lowest BCUT2D eigenvalue weighted by molar-refractivity contribution is -0.394. The molecule has 0 aliphatic carbocycles. The van der Waals surface area contributed by atoms with Gasteiger partial charge < -0.3 is 4.74 Å². The molecule has 0 unspecified atom stereocenters. The summed E-state index contributed by atoms with van der Waals surface area (Å²) in [5.41, 5.74) is -1.11. The van der Waals surface area contributed by atoms with Crippen molar-refractivity contribution in [2.75, 3.05) is 0 Å². The first-order valence-electron chi connectivity index (χ1n) is 3.72. The molecular weight excluding hydrogens is 288 g/mol. The van der Waals surface area contributed by atoms with Gasteiger partial charge in [-0.2, -0.15) is 0 Å². The number of non-ortho nitro benzene ring substituents is 1. The zero-order valence-electron chi connectivity index (χ0n) is 7.45. The lowest BCUT2D eigenvalue weighted by Gasteiger charge is -2.00. The number of carbonyl (C=O) groups is 1. The Hall–Kier alpha value is -2.03. The first kappa shape index (κ1) is 12.0. The molecule has 0 radical (unpaired) electrons. The number of hydrogen-bond acceptors (Lipinski definition) is 6. The van der Waals surface area contributed by atoms with Crippen molar-refractivity contribution in [2.24, 2.45) is 0 Å². The van der Waals surface area contributed by atoms with E-state index in [2.05, 4.69) is 20.7 Å². The third-order valence-electron chi connectivity index (χ3n) is 1.54. The van der Waals surface area contributed by atoms with E-state index in [1.54, 1.807) is 0 Å². The average Bonchev–Trinajstić information content (AvgIpc) is 2.16. The number of hydrogen-bond donors (Lipinski definition) is 0. The van der Waals surface area contributed by atoms with Gasteiger partial charge >= 0.3 is 10.6 Å². The molecular formula is C7H3BrN2O6. The molecule has 1 aromatic carbocycles. The Kier molecular flexibility index (Phi) is 3.51. The standard InChI is InChI=1S/C7H3BrN2O6/c8-7(11)16-6-2-1-4(9(12)13)3-5(6)10(14)15/h1-3H. The van der Waals surface area contributed by atoms with Crippen molar-refractivity contribution in [3.05, 3.63) is 38.4 Å². The molecule has 0 heterocycles. The lowest BCUT2D eigenvalue weighted by atomic mass is 10.2. The molecule has 0 N–H and O–H groups in total. The van der Waals surface area contributed by atoms with Crippen molar-refractivity contribution in [3.8, 4) is 5.75 Å². The zero-order chi connectivity index (χ0) is 12.3. The summed E-state index contributed by atoms with van der Waals surface area (Å²) in [7, 11) is 0. The van der Waals surface area contributed by atoms with Gasteiger partial charge in [0.1, 0.15) is 0 Å². The van der Waals surface area contributed by atoms with Crippen LogP contribution in [0.5, 0.6) is 5.75 Å². The highest BCUT2D eigenvalue weighted by atomic mass is 79.9. The van der Waals surface area contributed by atoms with Crippen LogP contribution in [0.25, 0.3) is 0 Å². The fourth-order valence-corrected chi connectivity index (χ4v) is 1.11. The van der Waals surface area contributed by atoms with E-state index < -0.39 is 26.1 Å². The van der Waals surface area contributed by atoms with Gasteiger partial charge in [-0.15, -0.1) is 0 Å². The maximum Gasteiger partial charge on any atom is 0.380 e. The Balaban J connectivity index is 3.24. The maximum absolute atomic E-state index is 10.6. The molecule has 0 spiro atoms. The van der Waals surface area contributed by atoms with Gasteiger partial charge in [0.25, 0.3) is 5.69 Å². The summed E-state index contributed by atoms with van der Waals surface area (Å²) in [5, 5.41) is 20.9. The van der Waals surface area contributed by atoms with Gasteiger partial charge in [0, 0.05) is 22.0 Å². The molecule has 0 aromatic heterocycles. The Bertz CT molecular complexity index is 474. The molecule has 1 rings (SSSR count). The van der Waals surface area contributed by atoms with Crippen molar-refractivity contribution in [3.63, 3.8) is 0 Å². The molecule has 0 saturated heterocycles. The second kappa shape index (κ2) is 4.66. The molecule has 0 amide bonds. The number of carbonyl (C=O) groups excluding carboxylic acids is 1. The fourth-order valence-electron chi connectivity index (χ4n) is 0.935. The number of nitrogens with zero attached hydrogens (tertiary/aromatic N) is 2. The van der Waals surface area contributed by atoms with Crippen LogP contribution in [-0.4, -0.2) is 14.7 Å². The van der Waals surface area contributed by atoms with Crippen molar-refractivity contribution in [2.45, 2.75) is 0 Å². The van der Waals surface area contributed by atoms with Gasteiger partial charge in [-0.25, -0.2) is 4.79 Å². The highest BCUT2D eigenvalue weighted by Gasteiger charge is 2.21. The molecule has 1 aromatic rings. The van der Waals surface area contributed by atoms with Crippen LogP contribution in [0.2, 0.25) is 0 Å². The predicted octanol–water partition coefficient (Wildman–Crippen LogP) is 2.40. The van der Waals surface area contributed by atoms with Crippen LogP contribution in [0.3, 0.4) is 0 Å². The predicted molar refractivity (Wildman–Crippen MR) is 54.7 cm³/mol. The van der Waals surface area contributed by atoms with E-state index in [0.717, 1.165) is 12.1 Å². The van der Waals surface area contributed by atoms with Crippen molar-refractivity contribution in [1.82, 2.24) is 0 Å². The summed E-state index contributed by atoms with van der Waals surface area (Å²) in [6.45, 7) is 0. The molecule has 0 aliphatic rings. The molecule has 84 valence electrons. The average molecular weight is 291 g/mol. The van der Waals surface area contributed by atoms with Gasteiger partial charge in [-0.1, -0.05) is 0 Å². The molecule has 0 atom stereocenters. The van der Waals surface area contributed by atoms with Crippen molar-refractivity contribution < 1.29 is 19.4 Å².